The summed E-state index contributed by atoms with van der Waals surface area (Å²) in [4.78, 5) is 0.792. The number of aryl methyl sites for hydroxylation is 1. The summed E-state index contributed by atoms with van der Waals surface area (Å²) in [6, 6.07) is 4.95. The van der Waals surface area contributed by atoms with Gasteiger partial charge in [-0.1, -0.05) is 6.92 Å². The van der Waals surface area contributed by atoms with E-state index in [1.165, 1.54) is 23.9 Å². The molecule has 1 aromatic heterocycles. The molecule has 0 spiro atoms. The van der Waals surface area contributed by atoms with Gasteiger partial charge in [-0.3, -0.25) is 0 Å². The van der Waals surface area contributed by atoms with Gasteiger partial charge in [-0.25, -0.2) is 9.07 Å². The van der Waals surface area contributed by atoms with Crippen LogP contribution in [0.3, 0.4) is 0 Å². The fraction of sp³-hybridized carbons (Fsp3) is 0.364. The Morgan fingerprint density at radius 2 is 2.22 bits per heavy atom. The van der Waals surface area contributed by atoms with Crippen LogP contribution in [0.5, 0.6) is 0 Å². The second-order valence-corrected chi connectivity index (χ2v) is 4.80. The van der Waals surface area contributed by atoms with E-state index in [9.17, 15) is 4.39 Å². The van der Waals surface area contributed by atoms with E-state index in [0.29, 0.717) is 11.7 Å². The number of hydrogen-bond donors (Lipinski definition) is 1. The molecule has 2 rings (SSSR count). The zero-order valence-corrected chi connectivity index (χ0v) is 11.0. The molecule has 18 heavy (non-hydrogen) atoms. The second kappa shape index (κ2) is 5.92. The Morgan fingerprint density at radius 1 is 1.39 bits per heavy atom. The lowest BCUT2D eigenvalue weighted by Gasteiger charge is -2.05. The Labute approximate surface area is 109 Å². The molecule has 1 N–H and O–H groups in total. The molecule has 5 nitrogen and oxygen atoms in total. The fourth-order valence-corrected chi connectivity index (χ4v) is 2.30. The van der Waals surface area contributed by atoms with Crippen molar-refractivity contribution in [1.29, 1.82) is 0 Å². The van der Waals surface area contributed by atoms with Crippen molar-refractivity contribution in [3.63, 3.8) is 0 Å². The van der Waals surface area contributed by atoms with Gasteiger partial charge in [0.05, 0.1) is 0 Å². The van der Waals surface area contributed by atoms with Gasteiger partial charge in [0.1, 0.15) is 5.82 Å². The summed E-state index contributed by atoms with van der Waals surface area (Å²) in [5, 5.41) is 14.9. The molecule has 0 fully saturated rings. The molecule has 96 valence electrons. The summed E-state index contributed by atoms with van der Waals surface area (Å²) in [6.45, 7) is 3.52. The fourth-order valence-electron chi connectivity index (χ4n) is 1.46. The lowest BCUT2D eigenvalue weighted by atomic mass is 10.2. The van der Waals surface area contributed by atoms with Crippen LogP contribution in [0.15, 0.2) is 28.3 Å². The van der Waals surface area contributed by atoms with Gasteiger partial charge < -0.3 is 5.32 Å². The standard InChI is InChI=1S/C11H14FN5S/c1-3-13-7-8-4-9(12)6-10(5-8)18-11-14-15-16-17(11)2/h4-6,13H,3,7H2,1-2H3. The zero-order chi connectivity index (χ0) is 13.0. The Kier molecular flexibility index (Phi) is 4.27. The molecule has 7 heteroatoms. The van der Waals surface area contributed by atoms with Crippen LogP contribution in [0.4, 0.5) is 4.39 Å². The van der Waals surface area contributed by atoms with Crippen molar-refractivity contribution < 1.29 is 4.39 Å². The van der Waals surface area contributed by atoms with E-state index >= 15 is 0 Å². The number of nitrogens with one attached hydrogen (secondary N) is 1. The van der Waals surface area contributed by atoms with Crippen LogP contribution in [0.1, 0.15) is 12.5 Å². The van der Waals surface area contributed by atoms with Gasteiger partial charge in [-0.2, -0.15) is 0 Å². The Balaban J connectivity index is 2.17. The summed E-state index contributed by atoms with van der Waals surface area (Å²) in [7, 11) is 1.75. The highest BCUT2D eigenvalue weighted by molar-refractivity contribution is 7.99. The van der Waals surface area contributed by atoms with E-state index in [4.69, 9.17) is 0 Å². The lowest BCUT2D eigenvalue weighted by Crippen LogP contribution is -2.11. The van der Waals surface area contributed by atoms with Crippen molar-refractivity contribution in [2.75, 3.05) is 6.54 Å². The van der Waals surface area contributed by atoms with Crippen molar-refractivity contribution in [1.82, 2.24) is 25.5 Å². The SMILES string of the molecule is CCNCc1cc(F)cc(Sc2nnnn2C)c1. The molecule has 0 unspecified atom stereocenters. The Bertz CT molecular complexity index is 528. The largest absolute Gasteiger partial charge is 0.313 e. The smallest absolute Gasteiger partial charge is 0.213 e. The molecule has 0 saturated carbocycles. The lowest BCUT2D eigenvalue weighted by molar-refractivity contribution is 0.617. The molecular weight excluding hydrogens is 253 g/mol. The normalized spacial score (nSPS) is 10.8. The summed E-state index contributed by atoms with van der Waals surface area (Å²) >= 11 is 1.34. The van der Waals surface area contributed by atoms with E-state index in [1.54, 1.807) is 11.7 Å². The number of benzene rings is 1. The number of halogens is 1. The Hall–Kier alpha value is -1.47. The molecule has 0 aliphatic carbocycles. The minimum atomic E-state index is -0.247. The van der Waals surface area contributed by atoms with Crippen molar-refractivity contribution in [3.8, 4) is 0 Å². The van der Waals surface area contributed by atoms with Crippen molar-refractivity contribution in [2.24, 2.45) is 7.05 Å². The third-order valence-electron chi connectivity index (χ3n) is 2.30. The van der Waals surface area contributed by atoms with E-state index in [0.717, 1.165) is 17.0 Å². The van der Waals surface area contributed by atoms with Gasteiger partial charge in [0.15, 0.2) is 0 Å². The number of aromatic nitrogens is 4. The first-order chi connectivity index (χ1) is 8.69. The third kappa shape index (κ3) is 3.27. The molecule has 0 amide bonds. The number of rotatable bonds is 5. The van der Waals surface area contributed by atoms with E-state index in [-0.39, 0.29) is 5.82 Å². The topological polar surface area (TPSA) is 55.6 Å². The maximum absolute atomic E-state index is 13.5. The minimum absolute atomic E-state index is 0.247. The number of tetrazole rings is 1. The van der Waals surface area contributed by atoms with E-state index in [2.05, 4.69) is 20.8 Å². The quantitative estimate of drug-likeness (QED) is 0.892. The van der Waals surface area contributed by atoms with Crippen LogP contribution >= 0.6 is 11.8 Å². The maximum atomic E-state index is 13.5. The molecule has 0 aliphatic rings. The highest BCUT2D eigenvalue weighted by Gasteiger charge is 2.07. The molecule has 2 aromatic rings. The molecule has 0 atom stereocenters. The molecule has 0 saturated heterocycles. The van der Waals surface area contributed by atoms with Gasteiger partial charge in [-0.05, 0) is 52.5 Å². The molecule has 0 aliphatic heterocycles. The minimum Gasteiger partial charge on any atom is -0.313 e. The predicted octanol–water partition coefficient (Wildman–Crippen LogP) is 1.61. The van der Waals surface area contributed by atoms with Crippen molar-refractivity contribution >= 4 is 11.8 Å². The maximum Gasteiger partial charge on any atom is 0.213 e. The summed E-state index contributed by atoms with van der Waals surface area (Å²) < 4.78 is 15.0. The van der Waals surface area contributed by atoms with E-state index in [1.807, 2.05) is 13.0 Å². The van der Waals surface area contributed by atoms with Crippen LogP contribution in [0.25, 0.3) is 0 Å². The van der Waals surface area contributed by atoms with Crippen LogP contribution < -0.4 is 5.32 Å². The second-order valence-electron chi connectivity index (χ2n) is 3.76. The summed E-state index contributed by atoms with van der Waals surface area (Å²) in [5.74, 6) is -0.247. The molecule has 1 aromatic carbocycles. The highest BCUT2D eigenvalue weighted by atomic mass is 32.2. The van der Waals surface area contributed by atoms with Crippen molar-refractivity contribution in [2.45, 2.75) is 23.5 Å². The van der Waals surface area contributed by atoms with Crippen LogP contribution in [-0.2, 0) is 13.6 Å². The summed E-state index contributed by atoms with van der Waals surface area (Å²) in [5.41, 5.74) is 0.912. The third-order valence-corrected chi connectivity index (χ3v) is 3.30. The average Bonchev–Trinajstić information content (AvgIpc) is 2.72. The average molecular weight is 267 g/mol. The van der Waals surface area contributed by atoms with Gasteiger partial charge in [0.2, 0.25) is 5.16 Å². The van der Waals surface area contributed by atoms with Gasteiger partial charge in [-0.15, -0.1) is 5.10 Å². The number of nitrogens with zero attached hydrogens (tertiary/aromatic N) is 4. The first kappa shape index (κ1) is 13.0. The predicted molar refractivity (Wildman–Crippen MR) is 66.7 cm³/mol. The zero-order valence-electron chi connectivity index (χ0n) is 10.2. The van der Waals surface area contributed by atoms with Gasteiger partial charge >= 0.3 is 0 Å². The molecule has 1 heterocycles. The molecular formula is C11H14FN5S. The van der Waals surface area contributed by atoms with Crippen LogP contribution in [0.2, 0.25) is 0 Å². The number of hydrogen-bond acceptors (Lipinski definition) is 5. The Morgan fingerprint density at radius 3 is 2.89 bits per heavy atom. The monoisotopic (exact) mass is 267 g/mol. The van der Waals surface area contributed by atoms with E-state index < -0.39 is 0 Å². The first-order valence-corrected chi connectivity index (χ1v) is 6.41. The van der Waals surface area contributed by atoms with Crippen LogP contribution in [-0.4, -0.2) is 26.8 Å². The van der Waals surface area contributed by atoms with Gasteiger partial charge in [0.25, 0.3) is 0 Å². The molecule has 0 radical (unpaired) electrons. The highest BCUT2D eigenvalue weighted by Crippen LogP contribution is 2.26. The van der Waals surface area contributed by atoms with Gasteiger partial charge in [0, 0.05) is 18.5 Å². The summed E-state index contributed by atoms with van der Waals surface area (Å²) in [6.07, 6.45) is 0. The first-order valence-electron chi connectivity index (χ1n) is 5.59. The molecule has 0 bridgehead atoms. The van der Waals surface area contributed by atoms with Crippen molar-refractivity contribution in [3.05, 3.63) is 29.6 Å². The van der Waals surface area contributed by atoms with Crippen LogP contribution in [0, 0.1) is 5.82 Å².